The molecule has 1 heterocycles. The van der Waals surface area contributed by atoms with Crippen LogP contribution in [0.25, 0.3) is 0 Å². The van der Waals surface area contributed by atoms with Gasteiger partial charge in [-0.3, -0.25) is 0 Å². The fourth-order valence-corrected chi connectivity index (χ4v) is 1.72. The van der Waals surface area contributed by atoms with Crippen molar-refractivity contribution in [3.8, 4) is 6.07 Å². The molecule has 0 atom stereocenters. The molecule has 0 bridgehead atoms. The Bertz CT molecular complexity index is 587. The van der Waals surface area contributed by atoms with Crippen molar-refractivity contribution in [1.29, 1.82) is 5.26 Å². The number of hydrogen-bond donors (Lipinski definition) is 2. The molecule has 0 aliphatic carbocycles. The summed E-state index contributed by atoms with van der Waals surface area (Å²) in [5, 5.41) is 12.0. The molecule has 1 aromatic heterocycles. The van der Waals surface area contributed by atoms with Gasteiger partial charge in [-0.1, -0.05) is 28.1 Å². The summed E-state index contributed by atoms with van der Waals surface area (Å²) in [5.74, 6) is 0.642. The van der Waals surface area contributed by atoms with Crippen LogP contribution < -0.4 is 11.1 Å². The van der Waals surface area contributed by atoms with Crippen LogP contribution in [0.3, 0.4) is 0 Å². The number of aromatic nitrogens is 1. The zero-order valence-electron chi connectivity index (χ0n) is 9.52. The minimum atomic E-state index is 0.246. The summed E-state index contributed by atoms with van der Waals surface area (Å²) in [5.41, 5.74) is 7.38. The lowest BCUT2D eigenvalue weighted by Gasteiger charge is -2.07. The van der Waals surface area contributed by atoms with Crippen LogP contribution in [-0.4, -0.2) is 4.98 Å². The molecule has 0 saturated carbocycles. The van der Waals surface area contributed by atoms with Crippen molar-refractivity contribution in [1.82, 2.24) is 4.98 Å². The maximum absolute atomic E-state index is 8.83. The zero-order valence-corrected chi connectivity index (χ0v) is 11.1. The molecule has 3 N–H and O–H groups in total. The van der Waals surface area contributed by atoms with E-state index in [9.17, 15) is 0 Å². The van der Waals surface area contributed by atoms with Gasteiger partial charge < -0.3 is 11.1 Å². The molecule has 18 heavy (non-hydrogen) atoms. The lowest BCUT2D eigenvalue weighted by molar-refractivity contribution is 1.10. The second-order valence-electron chi connectivity index (χ2n) is 3.73. The lowest BCUT2D eigenvalue weighted by Crippen LogP contribution is -2.03. The van der Waals surface area contributed by atoms with Gasteiger partial charge in [0.1, 0.15) is 11.9 Å². The molecule has 0 radical (unpaired) electrons. The van der Waals surface area contributed by atoms with Crippen molar-refractivity contribution in [2.75, 3.05) is 11.1 Å². The van der Waals surface area contributed by atoms with Gasteiger partial charge in [0.05, 0.1) is 5.69 Å². The Labute approximate surface area is 114 Å². The molecule has 0 aliphatic rings. The first-order valence-electron chi connectivity index (χ1n) is 5.34. The Balaban J connectivity index is 2.06. The van der Waals surface area contributed by atoms with Crippen LogP contribution in [-0.2, 0) is 6.54 Å². The molecule has 0 aliphatic heterocycles. The van der Waals surface area contributed by atoms with Gasteiger partial charge in [-0.25, -0.2) is 4.98 Å². The van der Waals surface area contributed by atoms with Crippen LogP contribution in [0.5, 0.6) is 0 Å². The minimum Gasteiger partial charge on any atom is -0.396 e. The summed E-state index contributed by atoms with van der Waals surface area (Å²) in [6.07, 6.45) is 0. The number of hydrogen-bond acceptors (Lipinski definition) is 4. The number of nitrogen functional groups attached to an aromatic ring is 1. The number of pyridine rings is 1. The Hall–Kier alpha value is -2.06. The van der Waals surface area contributed by atoms with Crippen LogP contribution in [0.1, 0.15) is 11.3 Å². The third-order valence-electron chi connectivity index (χ3n) is 2.42. The molecule has 0 spiro atoms. The molecular formula is C13H11BrN4. The molecule has 4 nitrogen and oxygen atoms in total. The highest BCUT2D eigenvalue weighted by Gasteiger charge is 2.01. The quantitative estimate of drug-likeness (QED) is 0.914. The van der Waals surface area contributed by atoms with E-state index in [0.29, 0.717) is 18.1 Å². The molecule has 0 amide bonds. The van der Waals surface area contributed by atoms with Crippen LogP contribution in [0.4, 0.5) is 11.5 Å². The van der Waals surface area contributed by atoms with Crippen LogP contribution in [0, 0.1) is 11.3 Å². The van der Waals surface area contributed by atoms with Crippen LogP contribution in [0.2, 0.25) is 0 Å². The van der Waals surface area contributed by atoms with Crippen molar-refractivity contribution in [3.63, 3.8) is 0 Å². The zero-order chi connectivity index (χ0) is 13.0. The number of benzene rings is 1. The van der Waals surface area contributed by atoms with E-state index < -0.39 is 0 Å². The molecule has 5 heteroatoms. The summed E-state index contributed by atoms with van der Waals surface area (Å²) >= 11 is 3.39. The van der Waals surface area contributed by atoms with E-state index in [1.165, 1.54) is 0 Å². The number of anilines is 2. The van der Waals surface area contributed by atoms with E-state index in [-0.39, 0.29) is 5.69 Å². The summed E-state index contributed by atoms with van der Waals surface area (Å²) in [7, 11) is 0. The first-order chi connectivity index (χ1) is 8.69. The van der Waals surface area contributed by atoms with Crippen molar-refractivity contribution in [3.05, 3.63) is 52.1 Å². The largest absolute Gasteiger partial charge is 0.396 e. The minimum absolute atomic E-state index is 0.246. The van der Waals surface area contributed by atoms with Gasteiger partial charge in [0, 0.05) is 11.0 Å². The maximum Gasteiger partial charge on any atom is 0.165 e. The molecular weight excluding hydrogens is 292 g/mol. The SMILES string of the molecule is N#Cc1nc(NCc2ccc(Br)cc2)ccc1N. The van der Waals surface area contributed by atoms with E-state index >= 15 is 0 Å². The van der Waals surface area contributed by atoms with E-state index in [0.717, 1.165) is 10.0 Å². The number of nitrogens with one attached hydrogen (secondary N) is 1. The molecule has 2 rings (SSSR count). The first kappa shape index (κ1) is 12.4. The van der Waals surface area contributed by atoms with Gasteiger partial charge in [-0.2, -0.15) is 5.26 Å². The van der Waals surface area contributed by atoms with Crippen LogP contribution in [0.15, 0.2) is 40.9 Å². The maximum atomic E-state index is 8.83. The third kappa shape index (κ3) is 2.99. The van der Waals surface area contributed by atoms with Gasteiger partial charge in [0.2, 0.25) is 0 Å². The lowest BCUT2D eigenvalue weighted by atomic mass is 10.2. The smallest absolute Gasteiger partial charge is 0.165 e. The normalized spacial score (nSPS) is 9.78. The van der Waals surface area contributed by atoms with Crippen molar-refractivity contribution in [2.24, 2.45) is 0 Å². The van der Waals surface area contributed by atoms with Crippen molar-refractivity contribution in [2.45, 2.75) is 6.54 Å². The fourth-order valence-electron chi connectivity index (χ4n) is 1.45. The molecule has 0 fully saturated rings. The Morgan fingerprint density at radius 1 is 1.22 bits per heavy atom. The molecule has 90 valence electrons. The van der Waals surface area contributed by atoms with Crippen molar-refractivity contribution >= 4 is 27.4 Å². The van der Waals surface area contributed by atoms with Gasteiger partial charge >= 0.3 is 0 Å². The monoisotopic (exact) mass is 302 g/mol. The van der Waals surface area contributed by atoms with E-state index in [2.05, 4.69) is 26.2 Å². The third-order valence-corrected chi connectivity index (χ3v) is 2.95. The summed E-state index contributed by atoms with van der Waals surface area (Å²) in [4.78, 5) is 4.12. The highest BCUT2D eigenvalue weighted by molar-refractivity contribution is 9.10. The second kappa shape index (κ2) is 5.52. The number of nitriles is 1. The van der Waals surface area contributed by atoms with E-state index in [1.807, 2.05) is 30.3 Å². The Morgan fingerprint density at radius 2 is 1.94 bits per heavy atom. The van der Waals surface area contributed by atoms with E-state index in [4.69, 9.17) is 11.0 Å². The average Bonchev–Trinajstić information content (AvgIpc) is 2.39. The molecule has 0 saturated heterocycles. The Kier molecular flexibility index (Phi) is 3.80. The predicted molar refractivity (Wildman–Crippen MR) is 74.8 cm³/mol. The standard InChI is InChI=1S/C13H11BrN4/c14-10-3-1-9(2-4-10)8-17-13-6-5-11(16)12(7-15)18-13/h1-6H,8,16H2,(H,17,18). The van der Waals surface area contributed by atoms with Crippen LogP contribution >= 0.6 is 15.9 Å². The van der Waals surface area contributed by atoms with Gasteiger partial charge in [-0.15, -0.1) is 0 Å². The second-order valence-corrected chi connectivity index (χ2v) is 4.64. The molecule has 1 aromatic carbocycles. The van der Waals surface area contributed by atoms with Crippen molar-refractivity contribution < 1.29 is 0 Å². The first-order valence-corrected chi connectivity index (χ1v) is 6.13. The highest BCUT2D eigenvalue weighted by Crippen LogP contribution is 2.14. The molecule has 0 unspecified atom stereocenters. The van der Waals surface area contributed by atoms with Gasteiger partial charge in [-0.05, 0) is 29.8 Å². The summed E-state index contributed by atoms with van der Waals surface area (Å²) < 4.78 is 1.05. The van der Waals surface area contributed by atoms with Gasteiger partial charge in [0.25, 0.3) is 0 Å². The fraction of sp³-hybridized carbons (Fsp3) is 0.0769. The predicted octanol–water partition coefficient (Wildman–Crippen LogP) is 2.91. The number of rotatable bonds is 3. The Morgan fingerprint density at radius 3 is 2.61 bits per heavy atom. The van der Waals surface area contributed by atoms with E-state index in [1.54, 1.807) is 12.1 Å². The number of halogens is 1. The average molecular weight is 303 g/mol. The summed E-state index contributed by atoms with van der Waals surface area (Å²) in [6, 6.07) is 13.4. The number of nitrogens with two attached hydrogens (primary N) is 1. The molecule has 2 aromatic rings. The highest BCUT2D eigenvalue weighted by atomic mass is 79.9. The van der Waals surface area contributed by atoms with Gasteiger partial charge in [0.15, 0.2) is 5.69 Å². The number of nitrogens with zero attached hydrogens (tertiary/aromatic N) is 2. The topological polar surface area (TPSA) is 74.7 Å². The summed E-state index contributed by atoms with van der Waals surface area (Å²) in [6.45, 7) is 0.648.